The lowest BCUT2D eigenvalue weighted by Crippen LogP contribution is -2.41. The largest absolute Gasteiger partial charge is 0.493 e. The number of rotatable bonds is 18. The van der Waals surface area contributed by atoms with Crippen molar-refractivity contribution < 1.29 is 43.0 Å². The lowest BCUT2D eigenvalue weighted by Gasteiger charge is -2.31. The number of methoxy groups -OCH3 is 2. The Morgan fingerprint density at radius 1 is 0.836 bits per heavy atom. The van der Waals surface area contributed by atoms with Gasteiger partial charge in [0.2, 0.25) is 0 Å². The smallest absolute Gasteiger partial charge is 0.333 e. The molecule has 6 aromatic rings. The van der Waals surface area contributed by atoms with Crippen LogP contribution in [-0.4, -0.2) is 88.2 Å². The van der Waals surface area contributed by atoms with E-state index >= 15 is 0 Å². The molecule has 73 heavy (non-hydrogen) atoms. The number of aromatic nitrogens is 2. The van der Waals surface area contributed by atoms with Crippen LogP contribution in [0.1, 0.15) is 84.4 Å². The number of imide groups is 1. The monoisotopic (exact) mass is 1020 g/mol. The minimum absolute atomic E-state index is 0.0545. The number of hydrogen-bond acceptors (Lipinski definition) is 15. The lowest BCUT2D eigenvalue weighted by molar-refractivity contribution is -0.197. The van der Waals surface area contributed by atoms with E-state index in [0.717, 1.165) is 46.6 Å². The minimum atomic E-state index is -0.604. The molecular weight excluding hydrogens is 969 g/mol. The molecule has 2 atom stereocenters. The van der Waals surface area contributed by atoms with E-state index in [0.29, 0.717) is 81.2 Å². The number of ether oxygens (including phenoxy) is 4. The molecule has 4 aliphatic heterocycles. The predicted molar refractivity (Wildman–Crippen MR) is 280 cm³/mol. The van der Waals surface area contributed by atoms with Crippen molar-refractivity contribution in [3.8, 4) is 28.7 Å². The van der Waals surface area contributed by atoms with Crippen LogP contribution >= 0.6 is 21.6 Å². The molecule has 1 spiro atoms. The summed E-state index contributed by atoms with van der Waals surface area (Å²) in [6.45, 7) is 5.29. The predicted octanol–water partition coefficient (Wildman–Crippen LogP) is 8.59. The van der Waals surface area contributed by atoms with E-state index in [1.54, 1.807) is 58.6 Å². The summed E-state index contributed by atoms with van der Waals surface area (Å²) in [4.78, 5) is 78.5. The molecule has 1 saturated heterocycles. The van der Waals surface area contributed by atoms with Gasteiger partial charge in [0.15, 0.2) is 23.0 Å². The van der Waals surface area contributed by atoms with Gasteiger partial charge in [-0.2, -0.15) is 0 Å². The van der Waals surface area contributed by atoms with Gasteiger partial charge in [0.25, 0.3) is 23.3 Å². The van der Waals surface area contributed by atoms with Crippen molar-refractivity contribution in [3.05, 3.63) is 135 Å². The van der Waals surface area contributed by atoms with Crippen molar-refractivity contribution in [3.63, 3.8) is 0 Å². The lowest BCUT2D eigenvalue weighted by atomic mass is 10.1. The Morgan fingerprint density at radius 3 is 2.23 bits per heavy atom. The number of para-hydroxylation sites is 2. The molecule has 5 aliphatic rings. The first kappa shape index (κ1) is 48.1. The Balaban J connectivity index is 0.825. The molecule has 0 bridgehead atoms. The van der Waals surface area contributed by atoms with E-state index in [1.807, 2.05) is 66.5 Å². The summed E-state index contributed by atoms with van der Waals surface area (Å²) in [7, 11) is 8.51. The summed E-state index contributed by atoms with van der Waals surface area (Å²) in [6, 6.07) is 29.4. The van der Waals surface area contributed by atoms with E-state index in [-0.39, 0.29) is 60.3 Å². The van der Waals surface area contributed by atoms with Crippen molar-refractivity contribution in [1.29, 1.82) is 0 Å². The van der Waals surface area contributed by atoms with Crippen LogP contribution in [0.3, 0.4) is 0 Å². The average molecular weight is 1020 g/mol. The standard InChI is InChI=1S/C55H54N6O10S2/c1-54(2,73-72-18-10-15-51(64)71-61-49(62)16-17-50(61)63)31-58(3)36-20-32(29-69-45-25-39-38(24-44(45)68-5)53(66)60-42-14-9-7-12-35(42)27-55(60)28-47(55)56-39)19-33(21-36)30-70-46-26-40-37(23-43(46)67-4)52(65)59-41-13-8-6-11-34(41)22-48(59)57-40/h6-9,11-14,19-21,23-26,47,56H,10,15-18,22,27-31H2,1-5H3/t47-,55?/m1/s1. The molecule has 2 fully saturated rings. The summed E-state index contributed by atoms with van der Waals surface area (Å²) in [6.07, 6.45) is 2.93. The third-order valence-electron chi connectivity index (χ3n) is 14.1. The molecule has 1 aliphatic carbocycles. The Bertz CT molecular complexity index is 3310. The van der Waals surface area contributed by atoms with E-state index in [2.05, 4.69) is 42.3 Å². The molecule has 376 valence electrons. The highest BCUT2D eigenvalue weighted by Gasteiger charge is 2.65. The summed E-state index contributed by atoms with van der Waals surface area (Å²) < 4.78 is 26.3. The number of hydroxylamine groups is 2. The van der Waals surface area contributed by atoms with Gasteiger partial charge in [-0.1, -0.05) is 58.0 Å². The molecule has 11 rings (SSSR count). The van der Waals surface area contributed by atoms with E-state index in [1.165, 1.54) is 5.56 Å². The Morgan fingerprint density at radius 2 is 1.51 bits per heavy atom. The molecule has 1 aromatic heterocycles. The fourth-order valence-electron chi connectivity index (χ4n) is 10.5. The van der Waals surface area contributed by atoms with Crippen molar-refractivity contribution in [2.24, 2.45) is 0 Å². The molecule has 1 saturated carbocycles. The van der Waals surface area contributed by atoms with E-state index in [9.17, 15) is 24.0 Å². The number of anilines is 3. The molecule has 16 nitrogen and oxygen atoms in total. The van der Waals surface area contributed by atoms with Gasteiger partial charge >= 0.3 is 5.97 Å². The summed E-state index contributed by atoms with van der Waals surface area (Å²) in [5, 5.41) is 4.69. The van der Waals surface area contributed by atoms with Gasteiger partial charge in [0, 0.05) is 79.7 Å². The number of nitrogens with one attached hydrogen (secondary N) is 1. The second-order valence-corrected chi connectivity index (χ2v) is 22.9. The van der Waals surface area contributed by atoms with Gasteiger partial charge in [-0.25, -0.2) is 9.78 Å². The number of carbonyl (C=O) groups is 4. The highest BCUT2D eigenvalue weighted by atomic mass is 33.1. The van der Waals surface area contributed by atoms with E-state index in [4.69, 9.17) is 28.8 Å². The normalized spacial score (nSPS) is 18.0. The zero-order chi connectivity index (χ0) is 50.8. The van der Waals surface area contributed by atoms with Gasteiger partial charge in [0.1, 0.15) is 19.0 Å². The van der Waals surface area contributed by atoms with Crippen molar-refractivity contribution in [2.45, 2.75) is 88.3 Å². The number of hydrogen-bond donors (Lipinski definition) is 1. The maximum absolute atomic E-state index is 14.4. The maximum Gasteiger partial charge on any atom is 0.333 e. The summed E-state index contributed by atoms with van der Waals surface area (Å²) in [5.41, 5.74) is 7.96. The summed E-state index contributed by atoms with van der Waals surface area (Å²) in [5.74, 6) is 1.46. The molecule has 1 N–H and O–H groups in total. The first-order valence-corrected chi connectivity index (χ1v) is 26.6. The maximum atomic E-state index is 14.4. The fraction of sp³-hybridized carbons (Fsp3) is 0.345. The zero-order valence-electron chi connectivity index (χ0n) is 41.2. The van der Waals surface area contributed by atoms with Crippen LogP contribution in [-0.2, 0) is 45.3 Å². The molecule has 5 heterocycles. The highest BCUT2D eigenvalue weighted by Crippen LogP contribution is 2.57. The van der Waals surface area contributed by atoms with Gasteiger partial charge in [-0.15, -0.1) is 5.06 Å². The average Bonchev–Trinajstić information content (AvgIpc) is 3.61. The van der Waals surface area contributed by atoms with Gasteiger partial charge in [0.05, 0.1) is 53.6 Å². The van der Waals surface area contributed by atoms with Gasteiger partial charge in [-0.3, -0.25) is 28.6 Å². The number of amides is 3. The Hall–Kier alpha value is -7.18. The number of carbonyl (C=O) groups excluding carboxylic acids is 4. The third kappa shape index (κ3) is 9.08. The van der Waals surface area contributed by atoms with Crippen LogP contribution in [0.25, 0.3) is 16.6 Å². The van der Waals surface area contributed by atoms with Gasteiger partial charge in [-0.05, 0) is 91.4 Å². The molecular formula is C55H54N6O10S2. The second kappa shape index (κ2) is 19.0. The van der Waals surface area contributed by atoms with Crippen molar-refractivity contribution in [2.75, 3.05) is 48.7 Å². The van der Waals surface area contributed by atoms with Crippen LogP contribution < -0.4 is 39.6 Å². The van der Waals surface area contributed by atoms with Crippen LogP contribution in [0.4, 0.5) is 17.1 Å². The third-order valence-corrected chi connectivity index (χ3v) is 17.4. The number of nitrogens with zero attached hydrogens (tertiary/aromatic N) is 5. The molecule has 1 unspecified atom stereocenters. The molecule has 3 amide bonds. The zero-order valence-corrected chi connectivity index (χ0v) is 42.8. The second-order valence-electron chi connectivity index (χ2n) is 19.7. The van der Waals surface area contributed by atoms with Crippen LogP contribution in [0.5, 0.6) is 23.0 Å². The quantitative estimate of drug-likeness (QED) is 0.0492. The van der Waals surface area contributed by atoms with Crippen LogP contribution in [0, 0.1) is 0 Å². The van der Waals surface area contributed by atoms with Crippen molar-refractivity contribution in [1.82, 2.24) is 14.6 Å². The highest BCUT2D eigenvalue weighted by molar-refractivity contribution is 8.77. The van der Waals surface area contributed by atoms with Crippen LogP contribution in [0.15, 0.2) is 95.8 Å². The summed E-state index contributed by atoms with van der Waals surface area (Å²) >= 11 is 0. The number of benzene rings is 5. The number of fused-ring (bicyclic) bond motifs is 7. The van der Waals surface area contributed by atoms with Crippen molar-refractivity contribution >= 4 is 73.2 Å². The SMILES string of the molecule is COc1cc2c(cc1OCc1cc(COc3cc4nc5n(c(=O)c4cc3OC)-c3ccccc3C5)cc(N(C)CC(C)(C)SSCCCC(=O)ON3C(=O)CCC3=O)c1)N[C@@H]1CC13Cc1ccccc1N3C2=O. The Labute approximate surface area is 429 Å². The molecule has 18 heteroatoms. The van der Waals surface area contributed by atoms with E-state index < -0.39 is 17.8 Å². The first-order valence-electron chi connectivity index (χ1n) is 24.3. The Kier molecular flexibility index (Phi) is 12.5. The van der Waals surface area contributed by atoms with Gasteiger partial charge < -0.3 is 34.0 Å². The molecule has 5 aromatic carbocycles. The first-order chi connectivity index (χ1) is 35.2. The fourth-order valence-corrected chi connectivity index (χ4v) is 13.2. The topological polar surface area (TPSA) is 171 Å². The molecule has 0 radical (unpaired) electrons. The van der Waals surface area contributed by atoms with Crippen LogP contribution in [0.2, 0.25) is 0 Å². The minimum Gasteiger partial charge on any atom is -0.493 e.